The molecule has 1 aromatic heterocycles. The molecule has 1 unspecified atom stereocenters. The van der Waals surface area contributed by atoms with E-state index in [4.69, 9.17) is 0 Å². The number of nitrogens with zero attached hydrogens (tertiary/aromatic N) is 3. The molecule has 52 heavy (non-hydrogen) atoms. The Kier molecular flexibility index (Phi) is 12.3. The van der Waals surface area contributed by atoms with E-state index < -0.39 is 59.4 Å². The SMILES string of the molecule is CC(C)(C)[C@H](c1cc(-c2cc(F)ccc2F)cn1Cc1ccccc1)N(CC1CCNC1)C(=O)CSC[C@H](NC(=O)CN1C(=O)C=CC1=O)C(=O)O. The number of carboxylic acid groups (broad SMARTS) is 1. The first kappa shape index (κ1) is 38.4. The topological polar surface area (TPSA) is 141 Å². The number of hydrogen-bond donors (Lipinski definition) is 3. The van der Waals surface area contributed by atoms with Gasteiger partial charge in [-0.15, -0.1) is 11.8 Å². The molecule has 0 spiro atoms. The second-order valence-corrected chi connectivity index (χ2v) is 15.2. The number of carbonyl (C=O) groups excluding carboxylic acids is 4. The summed E-state index contributed by atoms with van der Waals surface area (Å²) in [7, 11) is 0. The summed E-state index contributed by atoms with van der Waals surface area (Å²) in [6.45, 7) is 7.75. The molecule has 3 aromatic rings. The number of thioether (sulfide) groups is 1. The number of aromatic nitrogens is 1. The first-order valence-electron chi connectivity index (χ1n) is 17.0. The van der Waals surface area contributed by atoms with Gasteiger partial charge in [-0.3, -0.25) is 24.1 Å². The van der Waals surface area contributed by atoms with Gasteiger partial charge in [0.05, 0.1) is 11.8 Å². The van der Waals surface area contributed by atoms with Crippen molar-refractivity contribution in [2.75, 3.05) is 37.7 Å². The summed E-state index contributed by atoms with van der Waals surface area (Å²) in [5.41, 5.74) is 1.73. The maximum Gasteiger partial charge on any atom is 0.327 e. The minimum atomic E-state index is -1.39. The summed E-state index contributed by atoms with van der Waals surface area (Å²) in [4.78, 5) is 65.2. The van der Waals surface area contributed by atoms with Crippen molar-refractivity contribution in [1.29, 1.82) is 0 Å². The number of rotatable bonds is 15. The quantitative estimate of drug-likeness (QED) is 0.197. The Bertz CT molecular complexity index is 1820. The highest BCUT2D eigenvalue weighted by Crippen LogP contribution is 2.42. The summed E-state index contributed by atoms with van der Waals surface area (Å²) in [5.74, 6) is -5.00. The molecule has 11 nitrogen and oxygen atoms in total. The van der Waals surface area contributed by atoms with Crippen LogP contribution in [0.15, 0.2) is 72.9 Å². The molecule has 3 atom stereocenters. The molecule has 2 aromatic carbocycles. The van der Waals surface area contributed by atoms with Crippen LogP contribution < -0.4 is 10.6 Å². The van der Waals surface area contributed by atoms with Gasteiger partial charge < -0.3 is 25.2 Å². The van der Waals surface area contributed by atoms with Crippen LogP contribution >= 0.6 is 11.8 Å². The molecule has 5 rings (SSSR count). The van der Waals surface area contributed by atoms with Gasteiger partial charge in [0.15, 0.2) is 0 Å². The molecular weight excluding hydrogens is 693 g/mol. The lowest BCUT2D eigenvalue weighted by atomic mass is 9.82. The van der Waals surface area contributed by atoms with Gasteiger partial charge in [-0.2, -0.15) is 0 Å². The Morgan fingerprint density at radius 3 is 2.40 bits per heavy atom. The van der Waals surface area contributed by atoms with Gasteiger partial charge in [0.25, 0.3) is 11.8 Å². The first-order valence-corrected chi connectivity index (χ1v) is 18.2. The van der Waals surface area contributed by atoms with Gasteiger partial charge in [-0.1, -0.05) is 51.1 Å². The molecule has 0 saturated carbocycles. The van der Waals surface area contributed by atoms with E-state index in [-0.39, 0.29) is 28.9 Å². The predicted octanol–water partition coefficient (Wildman–Crippen LogP) is 4.23. The van der Waals surface area contributed by atoms with E-state index in [1.54, 1.807) is 6.20 Å². The third-order valence-corrected chi connectivity index (χ3v) is 10.1. The van der Waals surface area contributed by atoms with Crippen LogP contribution in [0, 0.1) is 23.0 Å². The Morgan fingerprint density at radius 1 is 1.06 bits per heavy atom. The molecule has 2 aliphatic heterocycles. The number of carbonyl (C=O) groups is 5. The maximum absolute atomic E-state index is 15.1. The monoisotopic (exact) mass is 735 g/mol. The third-order valence-electron chi connectivity index (χ3n) is 9.06. The van der Waals surface area contributed by atoms with Gasteiger partial charge in [0.1, 0.15) is 24.2 Å². The molecule has 1 saturated heterocycles. The number of carboxylic acids is 1. The number of imide groups is 1. The fourth-order valence-electron chi connectivity index (χ4n) is 6.60. The first-order chi connectivity index (χ1) is 24.7. The number of nitrogens with one attached hydrogen (secondary N) is 2. The molecule has 0 bridgehead atoms. The zero-order chi connectivity index (χ0) is 37.6. The Morgan fingerprint density at radius 2 is 1.77 bits per heavy atom. The summed E-state index contributed by atoms with van der Waals surface area (Å²) in [5, 5.41) is 15.5. The number of hydrogen-bond acceptors (Lipinski definition) is 7. The van der Waals surface area contributed by atoms with Gasteiger partial charge in [0, 0.05) is 54.0 Å². The van der Waals surface area contributed by atoms with Crippen molar-refractivity contribution in [3.63, 3.8) is 0 Å². The van der Waals surface area contributed by atoms with Crippen molar-refractivity contribution < 1.29 is 37.9 Å². The van der Waals surface area contributed by atoms with Crippen LogP contribution in [0.2, 0.25) is 0 Å². The van der Waals surface area contributed by atoms with E-state index in [2.05, 4.69) is 10.6 Å². The highest BCUT2D eigenvalue weighted by Gasteiger charge is 2.39. The Balaban J connectivity index is 1.42. The van der Waals surface area contributed by atoms with Crippen LogP contribution in [-0.4, -0.2) is 92.8 Å². The van der Waals surface area contributed by atoms with E-state index in [0.29, 0.717) is 30.1 Å². The molecule has 276 valence electrons. The third kappa shape index (κ3) is 9.53. The van der Waals surface area contributed by atoms with E-state index in [1.807, 2.05) is 66.6 Å². The van der Waals surface area contributed by atoms with Crippen LogP contribution in [0.3, 0.4) is 0 Å². The average molecular weight is 736 g/mol. The zero-order valence-corrected chi connectivity index (χ0v) is 30.1. The lowest BCUT2D eigenvalue weighted by Crippen LogP contribution is -2.48. The molecule has 4 amide bonds. The van der Waals surface area contributed by atoms with Gasteiger partial charge in [0.2, 0.25) is 11.8 Å². The van der Waals surface area contributed by atoms with Crippen LogP contribution in [-0.2, 0) is 30.5 Å². The zero-order valence-electron chi connectivity index (χ0n) is 29.3. The smallest absolute Gasteiger partial charge is 0.327 e. The highest BCUT2D eigenvalue weighted by atomic mass is 32.2. The van der Waals surface area contributed by atoms with Crippen molar-refractivity contribution in [3.05, 3.63) is 95.8 Å². The van der Waals surface area contributed by atoms with Crippen molar-refractivity contribution in [2.45, 2.75) is 45.8 Å². The number of amides is 4. The van der Waals surface area contributed by atoms with Crippen LogP contribution in [0.1, 0.15) is 44.5 Å². The molecule has 0 aliphatic carbocycles. The van der Waals surface area contributed by atoms with E-state index in [1.165, 1.54) is 0 Å². The fourth-order valence-corrected chi connectivity index (χ4v) is 7.52. The van der Waals surface area contributed by atoms with Gasteiger partial charge in [-0.05, 0) is 60.7 Å². The summed E-state index contributed by atoms with van der Waals surface area (Å²) >= 11 is 1.05. The molecule has 2 aliphatic rings. The van der Waals surface area contributed by atoms with Crippen LogP contribution in [0.25, 0.3) is 11.1 Å². The molecule has 0 radical (unpaired) electrons. The molecule has 14 heteroatoms. The van der Waals surface area contributed by atoms with E-state index in [0.717, 1.165) is 66.3 Å². The van der Waals surface area contributed by atoms with E-state index >= 15 is 4.39 Å². The largest absolute Gasteiger partial charge is 0.480 e. The molecule has 1 fully saturated rings. The van der Waals surface area contributed by atoms with Crippen molar-refractivity contribution in [1.82, 2.24) is 25.0 Å². The normalized spacial score (nSPS) is 17.0. The number of halogens is 2. The maximum atomic E-state index is 15.1. The van der Waals surface area contributed by atoms with Crippen LogP contribution in [0.5, 0.6) is 0 Å². The lowest BCUT2D eigenvalue weighted by molar-refractivity contribution is -0.143. The lowest BCUT2D eigenvalue weighted by Gasteiger charge is -2.42. The predicted molar refractivity (Wildman–Crippen MR) is 193 cm³/mol. The number of aliphatic carboxylic acids is 1. The van der Waals surface area contributed by atoms with Crippen molar-refractivity contribution in [3.8, 4) is 11.1 Å². The Labute approximate surface area is 305 Å². The van der Waals surface area contributed by atoms with Crippen molar-refractivity contribution in [2.24, 2.45) is 11.3 Å². The summed E-state index contributed by atoms with van der Waals surface area (Å²) in [6, 6.07) is 12.9. The molecule has 3 heterocycles. The van der Waals surface area contributed by atoms with Crippen molar-refractivity contribution >= 4 is 41.4 Å². The average Bonchev–Trinajstić information content (AvgIpc) is 3.83. The second-order valence-electron chi connectivity index (χ2n) is 14.1. The Hall–Kier alpha value is -4.82. The van der Waals surface area contributed by atoms with Gasteiger partial charge >= 0.3 is 5.97 Å². The summed E-state index contributed by atoms with van der Waals surface area (Å²) < 4.78 is 31.5. The fraction of sp³-hybridized carbons (Fsp3) is 0.395. The standard InChI is InChI=1S/C38H43F2N5O6S/c1-38(2,3)36(31-15-26(28-16-27(39)9-10-29(28)40)20-43(31)18-24-7-5-4-6-8-24)45(19-25-13-14-41-17-25)35(49)23-52-22-30(37(50)51)42-32(46)21-44-33(47)11-12-34(44)48/h4-12,15-16,20,25,30,36,41H,13-14,17-19,21-23H2,1-3H3,(H,42,46)(H,50,51)/t25?,30-,36-/m0/s1. The molecule has 3 N–H and O–H groups in total. The minimum absolute atomic E-state index is 0.102. The minimum Gasteiger partial charge on any atom is -0.480 e. The highest BCUT2D eigenvalue weighted by molar-refractivity contribution is 8.00. The van der Waals surface area contributed by atoms with Crippen LogP contribution in [0.4, 0.5) is 8.78 Å². The van der Waals surface area contributed by atoms with Gasteiger partial charge in [-0.25, -0.2) is 13.6 Å². The van der Waals surface area contributed by atoms with E-state index in [9.17, 15) is 33.5 Å². The molecular formula is C38H43F2N5O6S. The second kappa shape index (κ2) is 16.7. The summed E-state index contributed by atoms with van der Waals surface area (Å²) in [6.07, 6.45) is 4.70. The number of benzene rings is 2.